The van der Waals surface area contributed by atoms with Crippen molar-refractivity contribution in [2.24, 2.45) is 7.05 Å². The molecule has 0 aliphatic heterocycles. The van der Waals surface area contributed by atoms with E-state index in [0.717, 1.165) is 5.69 Å². The van der Waals surface area contributed by atoms with E-state index in [1.165, 1.54) is 0 Å². The molecule has 16 heavy (non-hydrogen) atoms. The zero-order valence-electron chi connectivity index (χ0n) is 9.83. The van der Waals surface area contributed by atoms with Crippen LogP contribution in [0, 0.1) is 0 Å². The van der Waals surface area contributed by atoms with Gasteiger partial charge >= 0.3 is 0 Å². The molecule has 6 nitrogen and oxygen atoms in total. The lowest BCUT2D eigenvalue weighted by atomic mass is 9.91. The number of fused-ring (bicyclic) bond motifs is 1. The third-order valence-corrected chi connectivity index (χ3v) is 2.42. The molecule has 6 heteroatoms. The molecule has 0 amide bonds. The number of hydrogen-bond donors (Lipinski definition) is 2. The lowest BCUT2D eigenvalue weighted by Crippen LogP contribution is -2.15. The number of rotatable bonds is 0. The Morgan fingerprint density at radius 3 is 2.56 bits per heavy atom. The number of nitrogens with two attached hydrogens (primary N) is 1. The van der Waals surface area contributed by atoms with E-state index in [4.69, 9.17) is 5.73 Å². The second-order valence-electron chi connectivity index (χ2n) is 4.87. The van der Waals surface area contributed by atoms with E-state index in [2.05, 4.69) is 15.1 Å². The van der Waals surface area contributed by atoms with E-state index >= 15 is 0 Å². The summed E-state index contributed by atoms with van der Waals surface area (Å²) in [5.41, 5.74) is 6.93. The molecule has 86 valence electrons. The molecule has 0 bridgehead atoms. The van der Waals surface area contributed by atoms with Crippen LogP contribution in [0.2, 0.25) is 0 Å². The van der Waals surface area contributed by atoms with Gasteiger partial charge in [-0.15, -0.1) is 0 Å². The number of nitrogens with zero attached hydrogens (tertiary/aromatic N) is 3. The predicted molar refractivity (Wildman–Crippen MR) is 62.2 cm³/mol. The number of aryl methyl sites for hydroxylation is 1. The monoisotopic (exact) mass is 221 g/mol. The summed E-state index contributed by atoms with van der Waals surface area (Å²) in [5.74, 6) is 0.121. The molecule has 2 aromatic rings. The lowest BCUT2D eigenvalue weighted by Gasteiger charge is -2.14. The number of hydrogen-bond acceptors (Lipinski definition) is 4. The quantitative estimate of drug-likeness (QED) is 0.679. The molecule has 2 aromatic heterocycles. The van der Waals surface area contributed by atoms with E-state index in [-0.39, 0.29) is 16.9 Å². The van der Waals surface area contributed by atoms with Crippen LogP contribution in [-0.2, 0) is 12.5 Å². The number of aromatic nitrogens is 4. The van der Waals surface area contributed by atoms with Crippen molar-refractivity contribution in [1.82, 2.24) is 19.7 Å². The van der Waals surface area contributed by atoms with E-state index in [1.54, 1.807) is 11.7 Å². The molecule has 0 radical (unpaired) electrons. The van der Waals surface area contributed by atoms with Crippen LogP contribution in [0.15, 0.2) is 4.79 Å². The second kappa shape index (κ2) is 3.07. The Hall–Kier alpha value is -1.85. The van der Waals surface area contributed by atoms with Crippen molar-refractivity contribution in [3.63, 3.8) is 0 Å². The van der Waals surface area contributed by atoms with E-state index in [1.807, 2.05) is 20.8 Å². The predicted octanol–water partition coefficient (Wildman–Crippen LogP) is 0.536. The average molecular weight is 221 g/mol. The molecular formula is C10H15N5O. The molecule has 0 unspecified atom stereocenters. The molecule has 0 fully saturated rings. The van der Waals surface area contributed by atoms with Crippen molar-refractivity contribution in [2.75, 3.05) is 5.73 Å². The van der Waals surface area contributed by atoms with Gasteiger partial charge in [-0.2, -0.15) is 5.10 Å². The topological polar surface area (TPSA) is 89.6 Å². The third kappa shape index (κ3) is 1.46. The fraction of sp³-hybridized carbons (Fsp3) is 0.500. The molecule has 2 rings (SSSR count). The fourth-order valence-electron chi connectivity index (χ4n) is 1.70. The summed E-state index contributed by atoms with van der Waals surface area (Å²) in [7, 11) is 1.73. The first-order valence-electron chi connectivity index (χ1n) is 5.03. The zero-order chi connectivity index (χ0) is 12.1. The Morgan fingerprint density at radius 1 is 1.38 bits per heavy atom. The fourth-order valence-corrected chi connectivity index (χ4v) is 1.70. The molecule has 0 atom stereocenters. The van der Waals surface area contributed by atoms with Gasteiger partial charge in [-0.3, -0.25) is 14.5 Å². The standard InChI is InChI=1S/C10H15N5O/c1-10(2,3)7-5-6(15(4)14-7)8(16)13-9(11)12-5/h1-4H3,(H3,11,12,13,16). The SMILES string of the molecule is Cn1nc(C(C)(C)C)c2nc(N)[nH]c(=O)c21. The van der Waals surface area contributed by atoms with Gasteiger partial charge < -0.3 is 5.73 Å². The highest BCUT2D eigenvalue weighted by Crippen LogP contribution is 2.26. The highest BCUT2D eigenvalue weighted by Gasteiger charge is 2.24. The average Bonchev–Trinajstić information content (AvgIpc) is 2.41. The number of nitrogen functional groups attached to an aromatic ring is 1. The minimum atomic E-state index is -0.256. The van der Waals surface area contributed by atoms with Gasteiger partial charge in [-0.1, -0.05) is 20.8 Å². The van der Waals surface area contributed by atoms with E-state index in [0.29, 0.717) is 11.0 Å². The van der Waals surface area contributed by atoms with Gasteiger partial charge in [0.1, 0.15) is 5.52 Å². The zero-order valence-corrected chi connectivity index (χ0v) is 9.83. The van der Waals surface area contributed by atoms with Crippen LogP contribution in [0.25, 0.3) is 11.0 Å². The molecule has 2 heterocycles. The number of aromatic amines is 1. The van der Waals surface area contributed by atoms with Gasteiger partial charge in [-0.05, 0) is 0 Å². The normalized spacial score (nSPS) is 12.2. The third-order valence-electron chi connectivity index (χ3n) is 2.42. The van der Waals surface area contributed by atoms with Crippen LogP contribution < -0.4 is 11.3 Å². The van der Waals surface area contributed by atoms with Crippen LogP contribution in [0.4, 0.5) is 5.95 Å². The van der Waals surface area contributed by atoms with Gasteiger partial charge in [0, 0.05) is 12.5 Å². The van der Waals surface area contributed by atoms with Gasteiger partial charge in [-0.25, -0.2) is 4.98 Å². The lowest BCUT2D eigenvalue weighted by molar-refractivity contribution is 0.557. The maximum absolute atomic E-state index is 11.7. The van der Waals surface area contributed by atoms with Crippen molar-refractivity contribution in [3.8, 4) is 0 Å². The Balaban J connectivity index is 2.95. The van der Waals surface area contributed by atoms with Crippen molar-refractivity contribution in [3.05, 3.63) is 16.0 Å². The Kier molecular flexibility index (Phi) is 2.04. The number of nitrogens with one attached hydrogen (secondary N) is 1. The van der Waals surface area contributed by atoms with Crippen LogP contribution in [0.5, 0.6) is 0 Å². The largest absolute Gasteiger partial charge is 0.369 e. The molecule has 0 saturated carbocycles. The first kappa shape index (κ1) is 10.7. The summed E-state index contributed by atoms with van der Waals surface area (Å²) in [6.45, 7) is 6.06. The molecule has 0 aromatic carbocycles. The minimum Gasteiger partial charge on any atom is -0.369 e. The van der Waals surface area contributed by atoms with Crippen LogP contribution in [0.1, 0.15) is 26.5 Å². The second-order valence-corrected chi connectivity index (χ2v) is 4.87. The molecular weight excluding hydrogens is 206 g/mol. The minimum absolute atomic E-state index is 0.121. The number of anilines is 1. The van der Waals surface area contributed by atoms with Crippen molar-refractivity contribution >= 4 is 17.0 Å². The molecule has 0 aliphatic carbocycles. The van der Waals surface area contributed by atoms with Gasteiger partial charge in [0.2, 0.25) is 5.95 Å². The van der Waals surface area contributed by atoms with Crippen molar-refractivity contribution in [1.29, 1.82) is 0 Å². The maximum atomic E-state index is 11.7. The molecule has 0 spiro atoms. The van der Waals surface area contributed by atoms with Crippen LogP contribution >= 0.6 is 0 Å². The maximum Gasteiger partial charge on any atom is 0.278 e. The molecule has 3 N–H and O–H groups in total. The molecule has 0 saturated heterocycles. The van der Waals surface area contributed by atoms with Crippen molar-refractivity contribution < 1.29 is 0 Å². The van der Waals surface area contributed by atoms with E-state index in [9.17, 15) is 4.79 Å². The van der Waals surface area contributed by atoms with Gasteiger partial charge in [0.25, 0.3) is 5.56 Å². The summed E-state index contributed by atoms with van der Waals surface area (Å²) in [5, 5.41) is 4.34. The first-order valence-corrected chi connectivity index (χ1v) is 5.03. The Bertz CT molecular complexity index is 602. The molecule has 0 aliphatic rings. The highest BCUT2D eigenvalue weighted by atomic mass is 16.1. The van der Waals surface area contributed by atoms with Crippen molar-refractivity contribution in [2.45, 2.75) is 26.2 Å². The van der Waals surface area contributed by atoms with Crippen LogP contribution in [-0.4, -0.2) is 19.7 Å². The first-order chi connectivity index (χ1) is 7.30. The summed E-state index contributed by atoms with van der Waals surface area (Å²) < 4.78 is 1.54. The van der Waals surface area contributed by atoms with Crippen LogP contribution in [0.3, 0.4) is 0 Å². The van der Waals surface area contributed by atoms with E-state index < -0.39 is 0 Å². The summed E-state index contributed by atoms with van der Waals surface area (Å²) in [4.78, 5) is 18.4. The smallest absolute Gasteiger partial charge is 0.278 e. The highest BCUT2D eigenvalue weighted by molar-refractivity contribution is 5.78. The summed E-state index contributed by atoms with van der Waals surface area (Å²) in [6.07, 6.45) is 0. The summed E-state index contributed by atoms with van der Waals surface area (Å²) >= 11 is 0. The Labute approximate surface area is 92.5 Å². The number of H-pyrrole nitrogens is 1. The van der Waals surface area contributed by atoms with Gasteiger partial charge in [0.15, 0.2) is 5.52 Å². The van der Waals surface area contributed by atoms with Gasteiger partial charge in [0.05, 0.1) is 5.69 Å². The summed E-state index contributed by atoms with van der Waals surface area (Å²) in [6, 6.07) is 0. The Morgan fingerprint density at radius 2 is 2.00 bits per heavy atom.